The highest BCUT2D eigenvalue weighted by molar-refractivity contribution is 5.80. The van der Waals surface area contributed by atoms with Crippen LogP contribution in [0.15, 0.2) is 9.98 Å². The van der Waals surface area contributed by atoms with E-state index in [9.17, 15) is 0 Å². The molecule has 1 rings (SSSR count). The van der Waals surface area contributed by atoms with E-state index in [0.717, 1.165) is 6.42 Å². The maximum atomic E-state index is 5.24. The first kappa shape index (κ1) is 4.46. The lowest BCUT2D eigenvalue weighted by molar-refractivity contribution is 0.752. The van der Waals surface area contributed by atoms with Crippen LogP contribution >= 0.6 is 0 Å². The van der Waals surface area contributed by atoms with Crippen LogP contribution in [-0.4, -0.2) is 18.7 Å². The largest absolute Gasteiger partial charge is 0.291 e. The summed E-state index contributed by atoms with van der Waals surface area (Å²) in [5.74, 6) is 0. The first-order valence-corrected chi connectivity index (χ1v) is 2.18. The van der Waals surface area contributed by atoms with E-state index in [4.69, 9.17) is 5.73 Å². The van der Waals surface area contributed by atoms with E-state index in [1.165, 1.54) is 0 Å². The van der Waals surface area contributed by atoms with Gasteiger partial charge in [-0.2, -0.15) is 0 Å². The summed E-state index contributed by atoms with van der Waals surface area (Å²) in [5.41, 5.74) is 5.24. The Hall–Kier alpha value is -0.700. The summed E-state index contributed by atoms with van der Waals surface area (Å²) < 4.78 is 0. The van der Waals surface area contributed by atoms with E-state index in [-0.39, 0.29) is 6.29 Å². The van der Waals surface area contributed by atoms with Crippen LogP contribution < -0.4 is 5.73 Å². The normalized spacial score (nSPS) is 20.7. The molecular weight excluding hydrogens is 90.1 g/mol. The number of rotatable bonds is 0. The standard InChI is InChI=1S/C4H7N3/c5-4-6-2-1-3-7-4/h2-4H,1,5H2. The molecule has 2 N–H and O–H groups in total. The highest BCUT2D eigenvalue weighted by Crippen LogP contribution is 1.86. The molecule has 0 bridgehead atoms. The summed E-state index contributed by atoms with van der Waals surface area (Å²) in [5, 5.41) is 0. The molecule has 0 amide bonds. The van der Waals surface area contributed by atoms with E-state index in [0.29, 0.717) is 0 Å². The minimum absolute atomic E-state index is 0.325. The SMILES string of the molecule is NC1N=CCC=N1. The molecule has 3 heteroatoms. The summed E-state index contributed by atoms with van der Waals surface area (Å²) in [6.45, 7) is 0. The fourth-order valence-electron chi connectivity index (χ4n) is 0.423. The smallest absolute Gasteiger partial charge is 0.190 e. The summed E-state index contributed by atoms with van der Waals surface area (Å²) in [6.07, 6.45) is 4.02. The molecule has 0 aromatic heterocycles. The van der Waals surface area contributed by atoms with Gasteiger partial charge in [0, 0.05) is 18.9 Å². The van der Waals surface area contributed by atoms with Gasteiger partial charge in [0.25, 0.3) is 0 Å². The van der Waals surface area contributed by atoms with Crippen molar-refractivity contribution < 1.29 is 0 Å². The van der Waals surface area contributed by atoms with Gasteiger partial charge in [-0.25, -0.2) is 0 Å². The predicted octanol–water partition coefficient (Wildman–Crippen LogP) is -0.226. The van der Waals surface area contributed by atoms with Crippen molar-refractivity contribution in [1.29, 1.82) is 0 Å². The summed E-state index contributed by atoms with van der Waals surface area (Å²) >= 11 is 0. The zero-order valence-electron chi connectivity index (χ0n) is 3.91. The monoisotopic (exact) mass is 97.1 g/mol. The van der Waals surface area contributed by atoms with E-state index < -0.39 is 0 Å². The van der Waals surface area contributed by atoms with Crippen molar-refractivity contribution in [3.63, 3.8) is 0 Å². The van der Waals surface area contributed by atoms with Gasteiger partial charge in [0.15, 0.2) is 6.29 Å². The number of hydrogen-bond acceptors (Lipinski definition) is 3. The maximum Gasteiger partial charge on any atom is 0.190 e. The first-order chi connectivity index (χ1) is 3.39. The van der Waals surface area contributed by atoms with Crippen molar-refractivity contribution in [3.8, 4) is 0 Å². The zero-order valence-corrected chi connectivity index (χ0v) is 3.91. The molecular formula is C4H7N3. The van der Waals surface area contributed by atoms with Crippen LogP contribution in [0.5, 0.6) is 0 Å². The molecule has 38 valence electrons. The minimum Gasteiger partial charge on any atom is -0.291 e. The van der Waals surface area contributed by atoms with Gasteiger partial charge < -0.3 is 0 Å². The van der Waals surface area contributed by atoms with Crippen LogP contribution in [0, 0.1) is 0 Å². The molecule has 0 fully saturated rings. The second-order valence-electron chi connectivity index (χ2n) is 1.31. The Morgan fingerprint density at radius 3 is 2.29 bits per heavy atom. The second-order valence-corrected chi connectivity index (χ2v) is 1.31. The fourth-order valence-corrected chi connectivity index (χ4v) is 0.423. The van der Waals surface area contributed by atoms with Crippen LogP contribution in [0.2, 0.25) is 0 Å². The lowest BCUT2D eigenvalue weighted by atomic mass is 10.5. The molecule has 1 heterocycles. The quantitative estimate of drug-likeness (QED) is 0.446. The second kappa shape index (κ2) is 1.84. The van der Waals surface area contributed by atoms with Gasteiger partial charge in [-0.05, 0) is 0 Å². The highest BCUT2D eigenvalue weighted by Gasteiger charge is 1.92. The molecule has 7 heavy (non-hydrogen) atoms. The van der Waals surface area contributed by atoms with Crippen molar-refractivity contribution in [1.82, 2.24) is 0 Å². The Bertz CT molecular complexity index is 93.5. The Labute approximate surface area is 42.0 Å². The van der Waals surface area contributed by atoms with Crippen molar-refractivity contribution in [3.05, 3.63) is 0 Å². The van der Waals surface area contributed by atoms with E-state index in [2.05, 4.69) is 9.98 Å². The van der Waals surface area contributed by atoms with Crippen molar-refractivity contribution in [2.24, 2.45) is 15.7 Å². The fraction of sp³-hybridized carbons (Fsp3) is 0.500. The molecule has 0 aliphatic carbocycles. The Morgan fingerprint density at radius 2 is 2.00 bits per heavy atom. The van der Waals surface area contributed by atoms with E-state index >= 15 is 0 Å². The van der Waals surface area contributed by atoms with Gasteiger partial charge in [-0.15, -0.1) is 0 Å². The Morgan fingerprint density at radius 1 is 1.43 bits per heavy atom. The summed E-state index contributed by atoms with van der Waals surface area (Å²) in [7, 11) is 0. The van der Waals surface area contributed by atoms with Crippen LogP contribution in [-0.2, 0) is 0 Å². The van der Waals surface area contributed by atoms with Gasteiger partial charge in [-0.1, -0.05) is 0 Å². The minimum atomic E-state index is -0.325. The molecule has 0 saturated carbocycles. The average Bonchev–Trinajstić information content (AvgIpc) is 1.69. The molecule has 0 aromatic rings. The molecule has 0 saturated heterocycles. The number of aliphatic imine (C=N–C) groups is 2. The topological polar surface area (TPSA) is 50.7 Å². The first-order valence-electron chi connectivity index (χ1n) is 2.18. The summed E-state index contributed by atoms with van der Waals surface area (Å²) in [6, 6.07) is 0. The molecule has 0 aromatic carbocycles. The van der Waals surface area contributed by atoms with Crippen LogP contribution in [0.4, 0.5) is 0 Å². The molecule has 3 nitrogen and oxygen atoms in total. The molecule has 1 aliphatic rings. The third kappa shape index (κ3) is 1.08. The molecule has 0 radical (unpaired) electrons. The van der Waals surface area contributed by atoms with Gasteiger partial charge >= 0.3 is 0 Å². The molecule has 0 unspecified atom stereocenters. The molecule has 0 atom stereocenters. The predicted molar refractivity (Wildman–Crippen MR) is 29.6 cm³/mol. The van der Waals surface area contributed by atoms with Gasteiger partial charge in [0.05, 0.1) is 0 Å². The lowest BCUT2D eigenvalue weighted by Crippen LogP contribution is -2.16. The number of nitrogens with two attached hydrogens (primary N) is 1. The third-order valence-corrected chi connectivity index (χ3v) is 0.727. The van der Waals surface area contributed by atoms with Crippen LogP contribution in [0.25, 0.3) is 0 Å². The Balaban J connectivity index is 2.49. The lowest BCUT2D eigenvalue weighted by Gasteiger charge is -2.00. The van der Waals surface area contributed by atoms with Crippen molar-refractivity contribution in [2.75, 3.05) is 0 Å². The van der Waals surface area contributed by atoms with Crippen molar-refractivity contribution >= 4 is 12.4 Å². The Kier molecular flexibility index (Phi) is 1.17. The van der Waals surface area contributed by atoms with E-state index in [1.54, 1.807) is 12.4 Å². The molecule has 1 aliphatic heterocycles. The highest BCUT2D eigenvalue weighted by atomic mass is 15.1. The van der Waals surface area contributed by atoms with Crippen molar-refractivity contribution in [2.45, 2.75) is 12.7 Å². The third-order valence-electron chi connectivity index (χ3n) is 0.727. The van der Waals surface area contributed by atoms with Crippen LogP contribution in [0.1, 0.15) is 6.42 Å². The zero-order chi connectivity index (χ0) is 5.11. The number of nitrogens with zero attached hydrogens (tertiary/aromatic N) is 2. The summed E-state index contributed by atoms with van der Waals surface area (Å²) in [4.78, 5) is 7.57. The molecule has 0 spiro atoms. The van der Waals surface area contributed by atoms with Crippen LogP contribution in [0.3, 0.4) is 0 Å². The van der Waals surface area contributed by atoms with Gasteiger partial charge in [0.1, 0.15) is 0 Å². The van der Waals surface area contributed by atoms with Gasteiger partial charge in [-0.3, -0.25) is 15.7 Å². The maximum absolute atomic E-state index is 5.24. The van der Waals surface area contributed by atoms with Gasteiger partial charge in [0.2, 0.25) is 0 Å². The number of hydrogen-bond donors (Lipinski definition) is 1. The van der Waals surface area contributed by atoms with E-state index in [1.807, 2.05) is 0 Å². The average molecular weight is 97.1 g/mol.